The van der Waals surface area contributed by atoms with Crippen LogP contribution >= 0.6 is 0 Å². The van der Waals surface area contributed by atoms with Crippen LogP contribution in [-0.2, 0) is 23.9 Å². The molecule has 0 saturated carbocycles. The van der Waals surface area contributed by atoms with Crippen LogP contribution in [0.4, 0.5) is 4.79 Å². The lowest BCUT2D eigenvalue weighted by atomic mass is 9.85. The largest absolute Gasteiger partial charge is 0.461 e. The van der Waals surface area contributed by atoms with E-state index in [1.165, 1.54) is 11.8 Å². The van der Waals surface area contributed by atoms with Crippen LogP contribution in [0.5, 0.6) is 0 Å². The predicted molar refractivity (Wildman–Crippen MR) is 123 cm³/mol. The molecule has 188 valence electrons. The SMILES string of the molecule is CC(=O)CNC(=O)C1CCCN1C(=O)C(NC(=O)NC(C(=O)OC(C)C)C(C)C)C(C)(C)C. The van der Waals surface area contributed by atoms with Crippen molar-refractivity contribution in [2.75, 3.05) is 13.1 Å². The summed E-state index contributed by atoms with van der Waals surface area (Å²) >= 11 is 0. The number of Topliss-reactive ketones (excluding diaryl/α,β-unsaturated/α-hetero) is 1. The fourth-order valence-corrected chi connectivity index (χ4v) is 3.56. The van der Waals surface area contributed by atoms with Crippen molar-refractivity contribution in [3.63, 3.8) is 0 Å². The number of nitrogens with one attached hydrogen (secondary N) is 3. The van der Waals surface area contributed by atoms with Gasteiger partial charge < -0.3 is 25.6 Å². The first kappa shape index (κ1) is 28.4. The molecule has 3 unspecified atom stereocenters. The van der Waals surface area contributed by atoms with Crippen LogP contribution in [0.25, 0.3) is 0 Å². The van der Waals surface area contributed by atoms with E-state index in [0.717, 1.165) is 0 Å². The van der Waals surface area contributed by atoms with E-state index in [0.29, 0.717) is 19.4 Å². The second-order valence-corrected chi connectivity index (χ2v) is 10.2. The number of esters is 1. The van der Waals surface area contributed by atoms with Gasteiger partial charge in [0, 0.05) is 6.54 Å². The molecule has 0 radical (unpaired) electrons. The third-order valence-electron chi connectivity index (χ3n) is 5.30. The molecule has 33 heavy (non-hydrogen) atoms. The van der Waals surface area contributed by atoms with Crippen LogP contribution in [0, 0.1) is 11.3 Å². The Morgan fingerprint density at radius 3 is 2.12 bits per heavy atom. The highest BCUT2D eigenvalue weighted by atomic mass is 16.5. The molecule has 0 bridgehead atoms. The van der Waals surface area contributed by atoms with Crippen molar-refractivity contribution in [2.45, 2.75) is 92.5 Å². The first-order chi connectivity index (χ1) is 15.1. The van der Waals surface area contributed by atoms with Gasteiger partial charge in [0.05, 0.1) is 12.6 Å². The molecule has 1 aliphatic rings. The molecule has 10 nitrogen and oxygen atoms in total. The van der Waals surface area contributed by atoms with E-state index in [1.54, 1.807) is 27.7 Å². The molecule has 3 atom stereocenters. The standard InChI is InChI=1S/C23H40N4O6/c1-13(2)17(21(31)33-14(3)4)25-22(32)26-18(23(6,7)8)20(30)27-11-9-10-16(27)19(29)24-12-15(5)28/h13-14,16-18H,9-12H2,1-8H3,(H,24,29)(H2,25,26,32). The number of hydrogen-bond acceptors (Lipinski definition) is 6. The molecule has 0 aliphatic carbocycles. The number of hydrogen-bond donors (Lipinski definition) is 3. The highest BCUT2D eigenvalue weighted by Gasteiger charge is 2.42. The number of nitrogens with zero attached hydrogens (tertiary/aromatic N) is 1. The van der Waals surface area contributed by atoms with Crippen molar-refractivity contribution in [1.29, 1.82) is 0 Å². The van der Waals surface area contributed by atoms with Crippen LogP contribution in [0.3, 0.4) is 0 Å². The van der Waals surface area contributed by atoms with Gasteiger partial charge in [0.25, 0.3) is 0 Å². The van der Waals surface area contributed by atoms with Crippen molar-refractivity contribution in [3.05, 3.63) is 0 Å². The maximum Gasteiger partial charge on any atom is 0.329 e. The van der Waals surface area contributed by atoms with Gasteiger partial charge in [-0.15, -0.1) is 0 Å². The number of carbonyl (C=O) groups is 5. The van der Waals surface area contributed by atoms with Crippen LogP contribution in [0.2, 0.25) is 0 Å². The van der Waals surface area contributed by atoms with Crippen LogP contribution < -0.4 is 16.0 Å². The molecule has 1 saturated heterocycles. The number of carbonyl (C=O) groups excluding carboxylic acids is 5. The topological polar surface area (TPSA) is 134 Å². The van der Waals surface area contributed by atoms with Gasteiger partial charge in [-0.2, -0.15) is 0 Å². The molecule has 1 fully saturated rings. The maximum atomic E-state index is 13.4. The molecular weight excluding hydrogens is 428 g/mol. The zero-order valence-electron chi connectivity index (χ0n) is 21.1. The van der Waals surface area contributed by atoms with E-state index in [1.807, 2.05) is 20.8 Å². The minimum absolute atomic E-state index is 0.0935. The quantitative estimate of drug-likeness (QED) is 0.438. The summed E-state index contributed by atoms with van der Waals surface area (Å²) in [6, 6.07) is -3.18. The predicted octanol–water partition coefficient (Wildman–Crippen LogP) is 1.37. The second kappa shape index (κ2) is 12.0. The summed E-state index contributed by atoms with van der Waals surface area (Å²) in [4.78, 5) is 63.8. The summed E-state index contributed by atoms with van der Waals surface area (Å²) in [5.41, 5.74) is -0.663. The molecular formula is C23H40N4O6. The summed E-state index contributed by atoms with van der Waals surface area (Å²) in [5, 5.41) is 7.89. The Morgan fingerprint density at radius 1 is 1.03 bits per heavy atom. The number of urea groups is 1. The van der Waals surface area contributed by atoms with E-state index >= 15 is 0 Å². The van der Waals surface area contributed by atoms with Gasteiger partial charge in [-0.3, -0.25) is 14.4 Å². The van der Waals surface area contributed by atoms with Crippen LogP contribution in [0.1, 0.15) is 68.2 Å². The summed E-state index contributed by atoms with van der Waals surface area (Å²) in [5.74, 6) is -1.72. The molecule has 4 amide bonds. The zero-order chi connectivity index (χ0) is 25.5. The Balaban J connectivity index is 2.97. The third-order valence-corrected chi connectivity index (χ3v) is 5.30. The van der Waals surface area contributed by atoms with Crippen molar-refractivity contribution >= 4 is 29.6 Å². The lowest BCUT2D eigenvalue weighted by Crippen LogP contribution is -2.60. The fraction of sp³-hybridized carbons (Fsp3) is 0.783. The van der Waals surface area contributed by atoms with Crippen molar-refractivity contribution in [1.82, 2.24) is 20.9 Å². The average Bonchev–Trinajstić information content (AvgIpc) is 3.16. The van der Waals surface area contributed by atoms with Gasteiger partial charge in [-0.05, 0) is 44.9 Å². The van der Waals surface area contributed by atoms with Gasteiger partial charge in [-0.1, -0.05) is 34.6 Å². The van der Waals surface area contributed by atoms with E-state index < -0.39 is 35.5 Å². The molecule has 0 aromatic heterocycles. The Hall–Kier alpha value is -2.65. The minimum atomic E-state index is -0.937. The molecule has 3 N–H and O–H groups in total. The van der Waals surface area contributed by atoms with Crippen molar-refractivity contribution in [2.24, 2.45) is 11.3 Å². The molecule has 10 heteroatoms. The lowest BCUT2D eigenvalue weighted by Gasteiger charge is -2.35. The first-order valence-corrected chi connectivity index (χ1v) is 11.5. The normalized spacial score (nSPS) is 18.0. The average molecular weight is 469 g/mol. The molecule has 1 heterocycles. The third kappa shape index (κ3) is 8.66. The second-order valence-electron chi connectivity index (χ2n) is 10.2. The molecule has 0 aromatic rings. The van der Waals surface area contributed by atoms with Gasteiger partial charge in [0.2, 0.25) is 11.8 Å². The Morgan fingerprint density at radius 2 is 1.64 bits per heavy atom. The molecule has 0 aromatic carbocycles. The summed E-state index contributed by atoms with van der Waals surface area (Å²) in [6.07, 6.45) is 0.798. The van der Waals surface area contributed by atoms with Crippen LogP contribution in [-0.4, -0.2) is 71.8 Å². The molecule has 1 rings (SSSR count). The van der Waals surface area contributed by atoms with E-state index in [-0.39, 0.29) is 36.2 Å². The highest BCUT2D eigenvalue weighted by molar-refractivity contribution is 5.94. The van der Waals surface area contributed by atoms with Gasteiger partial charge in [-0.25, -0.2) is 9.59 Å². The molecule has 1 aliphatic heterocycles. The summed E-state index contributed by atoms with van der Waals surface area (Å²) < 4.78 is 5.23. The zero-order valence-corrected chi connectivity index (χ0v) is 21.1. The number of rotatable bonds is 9. The smallest absolute Gasteiger partial charge is 0.329 e. The summed E-state index contributed by atoms with van der Waals surface area (Å²) in [6.45, 7) is 14.1. The van der Waals surface area contributed by atoms with E-state index in [9.17, 15) is 24.0 Å². The van der Waals surface area contributed by atoms with Gasteiger partial charge in [0.15, 0.2) is 0 Å². The van der Waals surface area contributed by atoms with Crippen molar-refractivity contribution in [3.8, 4) is 0 Å². The highest BCUT2D eigenvalue weighted by Crippen LogP contribution is 2.26. The van der Waals surface area contributed by atoms with Gasteiger partial charge >= 0.3 is 12.0 Å². The maximum absolute atomic E-state index is 13.4. The van der Waals surface area contributed by atoms with Gasteiger partial charge in [0.1, 0.15) is 23.9 Å². The Kier molecular flexibility index (Phi) is 10.3. The number of ether oxygens (including phenoxy) is 1. The Bertz CT molecular complexity index is 744. The van der Waals surface area contributed by atoms with Crippen LogP contribution in [0.15, 0.2) is 0 Å². The number of likely N-dealkylation sites (tertiary alicyclic amines) is 1. The van der Waals surface area contributed by atoms with Crippen molar-refractivity contribution < 1.29 is 28.7 Å². The number of amides is 4. The molecule has 0 spiro atoms. The minimum Gasteiger partial charge on any atom is -0.461 e. The summed E-state index contributed by atoms with van der Waals surface area (Å²) in [7, 11) is 0. The fourth-order valence-electron chi connectivity index (χ4n) is 3.56. The monoisotopic (exact) mass is 468 g/mol. The van der Waals surface area contributed by atoms with E-state index in [2.05, 4.69) is 16.0 Å². The Labute approximate surface area is 196 Å². The first-order valence-electron chi connectivity index (χ1n) is 11.5. The lowest BCUT2D eigenvalue weighted by molar-refractivity contribution is -0.150. The van der Waals surface area contributed by atoms with E-state index in [4.69, 9.17) is 4.74 Å². The number of ketones is 1.